The number of hydrogen-bond acceptors (Lipinski definition) is 4. The van der Waals surface area contributed by atoms with E-state index in [0.717, 1.165) is 64.2 Å². The number of rotatable bonds is 36. The Kier molecular flexibility index (Phi) is 37.6. The van der Waals surface area contributed by atoms with Crippen LogP contribution in [0.4, 0.5) is 13.2 Å². The number of esters is 2. The van der Waals surface area contributed by atoms with Gasteiger partial charge in [-0.25, -0.2) is 0 Å². The number of allylic oxidation sites excluding steroid dienone is 4. The van der Waals surface area contributed by atoms with E-state index in [-0.39, 0.29) is 50.0 Å². The summed E-state index contributed by atoms with van der Waals surface area (Å²) in [6.45, 7) is 3.12. The average Bonchev–Trinajstić information content (AvgIpc) is 3.06. The van der Waals surface area contributed by atoms with Gasteiger partial charge in [-0.3, -0.25) is 9.59 Å². The van der Waals surface area contributed by atoms with Crippen molar-refractivity contribution in [3.63, 3.8) is 0 Å². The molecule has 5 nitrogen and oxygen atoms in total. The summed E-state index contributed by atoms with van der Waals surface area (Å²) in [5.41, 5.74) is 0. The fourth-order valence-corrected chi connectivity index (χ4v) is 6.41. The number of quaternary nitrogens is 1. The molecular weight excluding hydrogens is 778 g/mol. The van der Waals surface area contributed by atoms with Crippen molar-refractivity contribution < 1.29 is 60.7 Å². The van der Waals surface area contributed by atoms with Crippen LogP contribution in [-0.2, 0) is 19.1 Å². The molecule has 0 saturated heterocycles. The normalized spacial score (nSPS) is 12.8. The number of carbonyl (C=O) groups is 2. The van der Waals surface area contributed by atoms with Gasteiger partial charge in [-0.1, -0.05) is 141 Å². The molecule has 308 valence electrons. The van der Waals surface area contributed by atoms with Gasteiger partial charge in [0.25, 0.3) is 0 Å². The van der Waals surface area contributed by atoms with Crippen LogP contribution in [0.1, 0.15) is 194 Å². The zero-order valence-corrected chi connectivity index (χ0v) is 36.1. The molecule has 0 aliphatic heterocycles. The molecule has 1 unspecified atom stereocenters. The first-order chi connectivity index (χ1) is 24.5. The van der Waals surface area contributed by atoms with Gasteiger partial charge in [0, 0.05) is 12.8 Å². The Morgan fingerprint density at radius 1 is 0.558 bits per heavy atom. The molecule has 0 aromatic carbocycles. The van der Waals surface area contributed by atoms with Crippen LogP contribution in [-0.4, -0.2) is 62.5 Å². The zero-order chi connectivity index (χ0) is 37.9. The van der Waals surface area contributed by atoms with Crippen molar-refractivity contribution in [2.45, 2.75) is 206 Å². The van der Waals surface area contributed by atoms with E-state index < -0.39 is 35.2 Å². The smallest absolute Gasteiger partial charge is 0.438 e. The molecule has 0 fully saturated rings. The van der Waals surface area contributed by atoms with Crippen molar-refractivity contribution in [2.24, 2.45) is 0 Å². The first-order valence-corrected chi connectivity index (χ1v) is 21.0. The maximum Gasteiger partial charge on any atom is 0.438 e. The second-order valence-electron chi connectivity index (χ2n) is 15.4. The quantitative estimate of drug-likeness (QED) is 0.0207. The summed E-state index contributed by atoms with van der Waals surface area (Å²) < 4.78 is 50.1. The fraction of sp³-hybridized carbons (Fsp3) is 0.860. The van der Waals surface area contributed by atoms with E-state index >= 15 is 0 Å². The number of hydrogen-bond donors (Lipinski definition) is 0. The Morgan fingerprint density at radius 2 is 0.904 bits per heavy atom. The molecule has 52 heavy (non-hydrogen) atoms. The van der Waals surface area contributed by atoms with E-state index in [9.17, 15) is 22.8 Å². The highest BCUT2D eigenvalue weighted by Gasteiger charge is 2.39. The minimum atomic E-state index is -4.36. The first kappa shape index (κ1) is 53.0. The fourth-order valence-electron chi connectivity index (χ4n) is 6.41. The predicted molar refractivity (Wildman–Crippen MR) is 208 cm³/mol. The summed E-state index contributed by atoms with van der Waals surface area (Å²) in [5.74, 6) is -0.843. The van der Waals surface area contributed by atoms with Gasteiger partial charge in [0.1, 0.15) is 13.2 Å². The number of likely N-dealkylation sites (N-methyl/N-ethyl adjacent to an activating group) is 1. The SMILES string of the molecule is CCCCCCCC/C=C/CCCCCCCC(=O)OCC(C[N+](C)(C)CC(F)(F)F)OC(=O)CCCCCCC/C=C/CCCCCCCC.[I-]. The van der Waals surface area contributed by atoms with E-state index in [2.05, 4.69) is 38.2 Å². The first-order valence-electron chi connectivity index (χ1n) is 21.0. The van der Waals surface area contributed by atoms with Crippen LogP contribution in [0.3, 0.4) is 0 Å². The average molecular weight is 858 g/mol. The van der Waals surface area contributed by atoms with Crippen LogP contribution >= 0.6 is 0 Å². The maximum atomic E-state index is 13.2. The van der Waals surface area contributed by atoms with Crippen LogP contribution in [0, 0.1) is 0 Å². The van der Waals surface area contributed by atoms with Crippen molar-refractivity contribution >= 4 is 11.9 Å². The van der Waals surface area contributed by atoms with E-state index in [4.69, 9.17) is 9.47 Å². The lowest BCUT2D eigenvalue weighted by Gasteiger charge is -2.33. The molecule has 0 N–H and O–H groups in total. The van der Waals surface area contributed by atoms with Gasteiger partial charge in [0.15, 0.2) is 12.6 Å². The highest BCUT2D eigenvalue weighted by atomic mass is 127. The molecule has 0 aliphatic carbocycles. The molecular formula is C43H79F3INO4. The molecule has 0 aliphatic rings. The van der Waals surface area contributed by atoms with Gasteiger partial charge in [0.2, 0.25) is 0 Å². The minimum Gasteiger partial charge on any atom is -1.00 e. The summed E-state index contributed by atoms with van der Waals surface area (Å²) in [7, 11) is 2.90. The van der Waals surface area contributed by atoms with Gasteiger partial charge in [-0.15, -0.1) is 0 Å². The summed E-state index contributed by atoms with van der Waals surface area (Å²) in [4.78, 5) is 25.1. The molecule has 0 aromatic heterocycles. The second-order valence-corrected chi connectivity index (χ2v) is 15.4. The lowest BCUT2D eigenvalue weighted by molar-refractivity contribution is -0.903. The molecule has 0 heterocycles. The second kappa shape index (κ2) is 36.9. The number of alkyl halides is 3. The standard InChI is InChI=1S/C43H79F3NO4.HI/c1-5-7-9-11-13-15-17-19-21-23-25-27-29-31-33-35-41(48)50-38-40(37-47(3,4)39-43(44,45)46)51-42(49)36-34-32-30-28-26-24-22-20-18-16-14-12-10-8-6-2;/h19-22,40H,5-18,23-39H2,1-4H3;1H/q+1;/p-1/b21-19+,22-20+;. The van der Waals surface area contributed by atoms with Crippen molar-refractivity contribution in [2.75, 3.05) is 33.8 Å². The molecule has 9 heteroatoms. The Bertz CT molecular complexity index is 879. The van der Waals surface area contributed by atoms with E-state index in [1.54, 1.807) is 0 Å². The third-order valence-electron chi connectivity index (χ3n) is 9.32. The minimum absolute atomic E-state index is 0. The Labute approximate surface area is 335 Å². The van der Waals surface area contributed by atoms with Crippen LogP contribution in [0.2, 0.25) is 0 Å². The van der Waals surface area contributed by atoms with Crippen molar-refractivity contribution in [1.29, 1.82) is 0 Å². The molecule has 0 amide bonds. The van der Waals surface area contributed by atoms with E-state index in [0.29, 0.717) is 12.8 Å². The van der Waals surface area contributed by atoms with Gasteiger partial charge >= 0.3 is 18.1 Å². The van der Waals surface area contributed by atoms with Crippen molar-refractivity contribution in [3.05, 3.63) is 24.3 Å². The molecule has 0 spiro atoms. The highest BCUT2D eigenvalue weighted by molar-refractivity contribution is 5.70. The molecule has 0 bridgehead atoms. The lowest BCUT2D eigenvalue weighted by Crippen LogP contribution is -3.00. The van der Waals surface area contributed by atoms with Crippen LogP contribution in [0.25, 0.3) is 0 Å². The summed E-state index contributed by atoms with van der Waals surface area (Å²) in [5, 5.41) is 0. The number of nitrogens with zero attached hydrogens (tertiary/aromatic N) is 1. The third-order valence-corrected chi connectivity index (χ3v) is 9.32. The van der Waals surface area contributed by atoms with E-state index in [1.807, 2.05) is 0 Å². The van der Waals surface area contributed by atoms with Crippen LogP contribution in [0.15, 0.2) is 24.3 Å². The maximum absolute atomic E-state index is 13.2. The van der Waals surface area contributed by atoms with Crippen molar-refractivity contribution in [3.8, 4) is 0 Å². The van der Waals surface area contributed by atoms with Gasteiger partial charge in [0.05, 0.1) is 14.1 Å². The van der Waals surface area contributed by atoms with E-state index in [1.165, 1.54) is 104 Å². The predicted octanol–water partition coefficient (Wildman–Crippen LogP) is 10.2. The summed E-state index contributed by atoms with van der Waals surface area (Å²) >= 11 is 0. The number of halogens is 4. The topological polar surface area (TPSA) is 52.6 Å². The van der Waals surface area contributed by atoms with Crippen LogP contribution < -0.4 is 24.0 Å². The van der Waals surface area contributed by atoms with Crippen molar-refractivity contribution in [1.82, 2.24) is 0 Å². The van der Waals surface area contributed by atoms with Crippen LogP contribution in [0.5, 0.6) is 0 Å². The molecule has 0 radical (unpaired) electrons. The zero-order valence-electron chi connectivity index (χ0n) is 33.9. The molecule has 0 aromatic rings. The Morgan fingerprint density at radius 3 is 1.29 bits per heavy atom. The third kappa shape index (κ3) is 40.1. The lowest BCUT2D eigenvalue weighted by atomic mass is 10.1. The van der Waals surface area contributed by atoms with Gasteiger partial charge in [-0.2, -0.15) is 13.2 Å². The number of unbranched alkanes of at least 4 members (excludes halogenated alkanes) is 22. The summed E-state index contributed by atoms with van der Waals surface area (Å²) in [6, 6.07) is 0. The Hall–Kier alpha value is -1.10. The largest absolute Gasteiger partial charge is 1.00 e. The number of carbonyl (C=O) groups excluding carboxylic acids is 2. The molecule has 0 rings (SSSR count). The summed E-state index contributed by atoms with van der Waals surface area (Å²) in [6.07, 6.45) is 34.6. The Balaban J connectivity index is 0. The molecule has 0 saturated carbocycles. The highest BCUT2D eigenvalue weighted by Crippen LogP contribution is 2.20. The number of ether oxygens (including phenoxy) is 2. The van der Waals surface area contributed by atoms with Gasteiger partial charge < -0.3 is 37.9 Å². The molecule has 1 atom stereocenters. The van der Waals surface area contributed by atoms with Gasteiger partial charge in [-0.05, 0) is 64.2 Å². The monoisotopic (exact) mass is 858 g/mol.